The molecule has 1 amide bonds. The van der Waals surface area contributed by atoms with Crippen molar-refractivity contribution in [2.45, 2.75) is 36.8 Å². The fourth-order valence-corrected chi connectivity index (χ4v) is 6.19. The van der Waals surface area contributed by atoms with Gasteiger partial charge in [-0.1, -0.05) is 41.6 Å². The maximum absolute atomic E-state index is 13.2. The highest BCUT2D eigenvalue weighted by Gasteiger charge is 2.31. The number of aryl methyl sites for hydroxylation is 2. The van der Waals surface area contributed by atoms with Crippen LogP contribution in [-0.2, 0) is 16.3 Å². The zero-order valence-electron chi connectivity index (χ0n) is 15.6. The number of carbonyl (C=O) groups excluding carboxylic acids is 1. The minimum Gasteiger partial charge on any atom is -0.350 e. The summed E-state index contributed by atoms with van der Waals surface area (Å²) in [5.41, 5.74) is 1.64. The second kappa shape index (κ2) is 8.93. The molecule has 0 unspecified atom stereocenters. The minimum absolute atomic E-state index is 0.0149. The lowest BCUT2D eigenvalue weighted by atomic mass is 10.2. The molecule has 0 radical (unpaired) electrons. The lowest BCUT2D eigenvalue weighted by molar-refractivity contribution is 0.0956. The molecule has 0 aliphatic carbocycles. The van der Waals surface area contributed by atoms with Gasteiger partial charge in [-0.25, -0.2) is 8.42 Å². The van der Waals surface area contributed by atoms with E-state index >= 15 is 0 Å². The molecule has 0 spiro atoms. The Labute approximate surface area is 172 Å². The van der Waals surface area contributed by atoms with Gasteiger partial charge in [0.05, 0.1) is 10.6 Å². The Hall–Kier alpha value is -2.10. The number of hydrogen-bond donors (Lipinski definition) is 1. The van der Waals surface area contributed by atoms with Crippen LogP contribution in [-0.4, -0.2) is 30.5 Å². The number of nitrogens with one attached hydrogen (secondary N) is 1. The predicted octanol–water partition coefficient (Wildman–Crippen LogP) is 3.81. The number of nitrogens with zero attached hydrogens (tertiary/aromatic N) is 2. The first-order valence-corrected chi connectivity index (χ1v) is 12.1. The first kappa shape index (κ1) is 20.6. The van der Waals surface area contributed by atoms with Crippen molar-refractivity contribution < 1.29 is 13.2 Å². The van der Waals surface area contributed by atoms with Crippen LogP contribution in [0.1, 0.15) is 44.4 Å². The van der Waals surface area contributed by atoms with E-state index in [1.165, 1.54) is 11.3 Å². The molecule has 0 fully saturated rings. The number of thiophene rings is 1. The summed E-state index contributed by atoms with van der Waals surface area (Å²) in [6, 6.07) is 10.4. The Kier molecular flexibility index (Phi) is 6.58. The van der Waals surface area contributed by atoms with Gasteiger partial charge < -0.3 is 5.32 Å². The maximum atomic E-state index is 13.2. The highest BCUT2D eigenvalue weighted by molar-refractivity contribution is 7.91. The van der Waals surface area contributed by atoms with E-state index in [0.717, 1.165) is 23.5 Å². The van der Waals surface area contributed by atoms with E-state index in [9.17, 15) is 13.2 Å². The van der Waals surface area contributed by atoms with Crippen LogP contribution in [0.3, 0.4) is 0 Å². The van der Waals surface area contributed by atoms with Crippen LogP contribution < -0.4 is 5.32 Å². The third kappa shape index (κ3) is 4.48. The van der Waals surface area contributed by atoms with Crippen LogP contribution in [0.15, 0.2) is 46.7 Å². The molecule has 1 N–H and O–H groups in total. The van der Waals surface area contributed by atoms with Gasteiger partial charge in [-0.3, -0.25) is 4.79 Å². The zero-order chi connectivity index (χ0) is 20.1. The molecular formula is C19H21N3O3S3. The van der Waals surface area contributed by atoms with Crippen LogP contribution >= 0.6 is 22.9 Å². The zero-order valence-corrected chi connectivity index (χ0v) is 18.0. The summed E-state index contributed by atoms with van der Waals surface area (Å²) in [5, 5.41) is 7.76. The van der Waals surface area contributed by atoms with Gasteiger partial charge in [-0.15, -0.1) is 16.4 Å². The second-order valence-corrected chi connectivity index (χ2v) is 10.2. The normalized spacial score (nSPS) is 12.6. The van der Waals surface area contributed by atoms with E-state index < -0.39 is 15.1 Å². The average Bonchev–Trinajstić information content (AvgIpc) is 3.34. The Morgan fingerprint density at radius 3 is 2.61 bits per heavy atom. The molecule has 0 aliphatic rings. The van der Waals surface area contributed by atoms with E-state index in [0.29, 0.717) is 21.9 Å². The molecule has 2 aromatic heterocycles. The van der Waals surface area contributed by atoms with Crippen molar-refractivity contribution >= 4 is 38.6 Å². The summed E-state index contributed by atoms with van der Waals surface area (Å²) in [5.74, 6) is -0.334. The third-order valence-corrected chi connectivity index (χ3v) is 8.28. The van der Waals surface area contributed by atoms with Gasteiger partial charge in [0, 0.05) is 11.4 Å². The van der Waals surface area contributed by atoms with Gasteiger partial charge in [0.1, 0.15) is 10.1 Å². The quantitative estimate of drug-likeness (QED) is 0.581. The average molecular weight is 436 g/mol. The van der Waals surface area contributed by atoms with Gasteiger partial charge in [-0.2, -0.15) is 0 Å². The van der Waals surface area contributed by atoms with E-state index in [1.54, 1.807) is 30.3 Å². The van der Waals surface area contributed by atoms with Crippen molar-refractivity contribution in [3.05, 3.63) is 62.8 Å². The van der Waals surface area contributed by atoms with Crippen molar-refractivity contribution in [2.24, 2.45) is 0 Å². The van der Waals surface area contributed by atoms with Crippen molar-refractivity contribution in [1.29, 1.82) is 0 Å². The monoisotopic (exact) mass is 435 g/mol. The highest BCUT2D eigenvalue weighted by atomic mass is 32.2. The van der Waals surface area contributed by atoms with Crippen molar-refractivity contribution in [2.75, 3.05) is 6.54 Å². The van der Waals surface area contributed by atoms with Crippen LogP contribution in [0.4, 0.5) is 0 Å². The fourth-order valence-electron chi connectivity index (χ4n) is 2.78. The number of amides is 1. The molecule has 28 heavy (non-hydrogen) atoms. The Morgan fingerprint density at radius 2 is 1.96 bits per heavy atom. The van der Waals surface area contributed by atoms with Crippen molar-refractivity contribution in [1.82, 2.24) is 14.9 Å². The molecule has 0 saturated heterocycles. The molecule has 148 valence electrons. The minimum atomic E-state index is -3.66. The molecule has 0 aliphatic heterocycles. The van der Waals surface area contributed by atoms with Crippen LogP contribution in [0, 0.1) is 6.92 Å². The highest BCUT2D eigenvalue weighted by Crippen LogP contribution is 2.31. The lowest BCUT2D eigenvalue weighted by Crippen LogP contribution is -2.31. The summed E-state index contributed by atoms with van der Waals surface area (Å²) in [6.45, 7) is 3.89. The Morgan fingerprint density at radius 1 is 1.21 bits per heavy atom. The molecular weight excluding hydrogens is 414 g/mol. The first-order chi connectivity index (χ1) is 13.4. The maximum Gasteiger partial charge on any atom is 0.265 e. The third-order valence-electron chi connectivity index (χ3n) is 4.28. The fraction of sp³-hybridized carbons (Fsp3) is 0.316. The Balaban J connectivity index is 1.84. The summed E-state index contributed by atoms with van der Waals surface area (Å²) >= 11 is 2.40. The van der Waals surface area contributed by atoms with Gasteiger partial charge in [-0.05, 0) is 48.5 Å². The Bertz CT molecular complexity index is 1030. The molecule has 6 nitrogen and oxygen atoms in total. The largest absolute Gasteiger partial charge is 0.350 e. The van der Waals surface area contributed by atoms with E-state index in [4.69, 9.17) is 0 Å². The molecule has 0 saturated carbocycles. The van der Waals surface area contributed by atoms with E-state index in [1.807, 2.05) is 25.3 Å². The molecule has 9 heteroatoms. The molecule has 3 aromatic rings. The van der Waals surface area contributed by atoms with Gasteiger partial charge >= 0.3 is 0 Å². The van der Waals surface area contributed by atoms with Gasteiger partial charge in [0.25, 0.3) is 5.91 Å². The van der Waals surface area contributed by atoms with Gasteiger partial charge in [0.2, 0.25) is 0 Å². The summed E-state index contributed by atoms with van der Waals surface area (Å²) in [4.78, 5) is 14.0. The van der Waals surface area contributed by atoms with Crippen LogP contribution in [0.5, 0.6) is 0 Å². The summed E-state index contributed by atoms with van der Waals surface area (Å²) in [7, 11) is -3.66. The van der Waals surface area contributed by atoms with Crippen molar-refractivity contribution in [3.8, 4) is 0 Å². The number of rotatable bonds is 8. The number of aromatic nitrogens is 2. The van der Waals surface area contributed by atoms with Crippen LogP contribution in [0.25, 0.3) is 0 Å². The number of hydrogen-bond acceptors (Lipinski definition) is 7. The number of sulfone groups is 1. The standard InChI is InChI=1S/C19H21N3O3S3/c1-3-5-15-18(27-22-21-15)19(23)20-12-17(16-6-4-11-26-16)28(24,25)14-9-7-13(2)8-10-14/h4,6-11,17H,3,5,12H2,1-2H3,(H,20,23)/t17-/m1/s1. The second-order valence-electron chi connectivity index (χ2n) is 6.37. The van der Waals surface area contributed by atoms with Gasteiger partial charge in [0.15, 0.2) is 9.84 Å². The molecule has 1 aromatic carbocycles. The van der Waals surface area contributed by atoms with Crippen LogP contribution in [0.2, 0.25) is 0 Å². The van der Waals surface area contributed by atoms with E-state index in [2.05, 4.69) is 14.9 Å². The predicted molar refractivity (Wildman–Crippen MR) is 112 cm³/mol. The summed E-state index contributed by atoms with van der Waals surface area (Å²) < 4.78 is 30.3. The number of carbonyl (C=O) groups is 1. The number of benzene rings is 1. The van der Waals surface area contributed by atoms with E-state index in [-0.39, 0.29) is 17.3 Å². The lowest BCUT2D eigenvalue weighted by Gasteiger charge is -2.17. The molecule has 2 heterocycles. The topological polar surface area (TPSA) is 89.0 Å². The first-order valence-electron chi connectivity index (χ1n) is 8.87. The summed E-state index contributed by atoms with van der Waals surface area (Å²) in [6.07, 6.45) is 1.51. The molecule has 3 rings (SSSR count). The van der Waals surface area contributed by atoms with Crippen molar-refractivity contribution in [3.63, 3.8) is 0 Å². The SMILES string of the molecule is CCCc1nnsc1C(=O)NC[C@H](c1cccs1)S(=O)(=O)c1ccc(C)cc1. The smallest absolute Gasteiger partial charge is 0.265 e. The molecule has 0 bridgehead atoms. The molecule has 1 atom stereocenters.